The maximum atomic E-state index is 12.7. The van der Waals surface area contributed by atoms with Gasteiger partial charge in [-0.15, -0.1) is 0 Å². The highest BCUT2D eigenvalue weighted by Gasteiger charge is 2.40. The number of hydrogen-bond acceptors (Lipinski definition) is 3. The molecule has 1 aromatic rings. The van der Waals surface area contributed by atoms with Crippen LogP contribution in [-0.2, 0) is 4.79 Å². The molecule has 0 bridgehead atoms. The molecule has 1 unspecified atom stereocenters. The van der Waals surface area contributed by atoms with E-state index in [2.05, 4.69) is 15.9 Å². The first kappa shape index (κ1) is 16.8. The van der Waals surface area contributed by atoms with Crippen LogP contribution < -0.4 is 0 Å². The van der Waals surface area contributed by atoms with E-state index in [0.29, 0.717) is 10.8 Å². The third kappa shape index (κ3) is 3.72. The van der Waals surface area contributed by atoms with Crippen LogP contribution in [0.5, 0.6) is 0 Å². The van der Waals surface area contributed by atoms with Gasteiger partial charge >= 0.3 is 0 Å². The SMILES string of the molecule is CC(C1CCCCC1)N1C(=O)S/C(=C\c2ccc(Br)cc2)C1=O. The van der Waals surface area contributed by atoms with Crippen molar-refractivity contribution in [3.8, 4) is 0 Å². The zero-order valence-corrected chi connectivity index (χ0v) is 15.5. The Bertz CT molecular complexity index is 635. The molecule has 1 atom stereocenters. The molecule has 1 heterocycles. The molecular weight excluding hydrogens is 374 g/mol. The number of rotatable bonds is 3. The molecule has 2 fully saturated rings. The first-order valence-corrected chi connectivity index (χ1v) is 9.70. The van der Waals surface area contributed by atoms with E-state index in [0.717, 1.165) is 34.6 Å². The van der Waals surface area contributed by atoms with Crippen LogP contribution in [0.1, 0.15) is 44.6 Å². The highest BCUT2D eigenvalue weighted by molar-refractivity contribution is 9.10. The van der Waals surface area contributed by atoms with Gasteiger partial charge < -0.3 is 0 Å². The molecule has 3 rings (SSSR count). The number of carbonyl (C=O) groups is 2. The summed E-state index contributed by atoms with van der Waals surface area (Å²) in [5, 5.41) is -0.128. The lowest BCUT2D eigenvalue weighted by molar-refractivity contribution is -0.125. The Morgan fingerprint density at radius 1 is 1.17 bits per heavy atom. The molecule has 2 aliphatic rings. The third-order valence-electron chi connectivity index (χ3n) is 4.73. The summed E-state index contributed by atoms with van der Waals surface area (Å²) in [7, 11) is 0. The van der Waals surface area contributed by atoms with Crippen molar-refractivity contribution in [3.05, 3.63) is 39.2 Å². The lowest BCUT2D eigenvalue weighted by Crippen LogP contribution is -2.42. The molecule has 23 heavy (non-hydrogen) atoms. The normalized spacial score (nSPS) is 22.9. The van der Waals surface area contributed by atoms with Crippen molar-refractivity contribution in [1.82, 2.24) is 4.90 Å². The minimum atomic E-state index is -0.138. The Kier molecular flexibility index (Phi) is 5.27. The second kappa shape index (κ2) is 7.22. The average Bonchev–Trinajstić information content (AvgIpc) is 2.84. The van der Waals surface area contributed by atoms with Crippen molar-refractivity contribution >= 4 is 44.9 Å². The summed E-state index contributed by atoms with van der Waals surface area (Å²) in [6.07, 6.45) is 7.74. The van der Waals surface area contributed by atoms with Crippen LogP contribution in [-0.4, -0.2) is 22.1 Å². The quantitative estimate of drug-likeness (QED) is 0.640. The summed E-state index contributed by atoms with van der Waals surface area (Å²) >= 11 is 4.46. The highest BCUT2D eigenvalue weighted by atomic mass is 79.9. The maximum absolute atomic E-state index is 12.7. The topological polar surface area (TPSA) is 37.4 Å². The first-order valence-electron chi connectivity index (χ1n) is 8.09. The number of nitrogens with zero attached hydrogens (tertiary/aromatic N) is 1. The van der Waals surface area contributed by atoms with Gasteiger partial charge in [-0.25, -0.2) is 0 Å². The smallest absolute Gasteiger partial charge is 0.268 e. The van der Waals surface area contributed by atoms with Crippen LogP contribution in [0.3, 0.4) is 0 Å². The summed E-state index contributed by atoms with van der Waals surface area (Å²) in [6, 6.07) is 7.73. The molecule has 1 aliphatic heterocycles. The third-order valence-corrected chi connectivity index (χ3v) is 6.14. The molecule has 0 spiro atoms. The van der Waals surface area contributed by atoms with E-state index >= 15 is 0 Å². The van der Waals surface area contributed by atoms with Gasteiger partial charge in [0.05, 0.1) is 4.91 Å². The van der Waals surface area contributed by atoms with Gasteiger partial charge in [0, 0.05) is 10.5 Å². The average molecular weight is 394 g/mol. The first-order chi connectivity index (χ1) is 11.1. The van der Waals surface area contributed by atoms with E-state index in [-0.39, 0.29) is 17.2 Å². The van der Waals surface area contributed by atoms with Crippen molar-refractivity contribution < 1.29 is 9.59 Å². The molecule has 3 nitrogen and oxygen atoms in total. The fraction of sp³-hybridized carbons (Fsp3) is 0.444. The Balaban J connectivity index is 1.77. The van der Waals surface area contributed by atoms with Crippen LogP contribution >= 0.6 is 27.7 Å². The Labute approximate surface area is 149 Å². The zero-order chi connectivity index (χ0) is 16.4. The fourth-order valence-electron chi connectivity index (χ4n) is 3.37. The maximum Gasteiger partial charge on any atom is 0.293 e. The van der Waals surface area contributed by atoms with Gasteiger partial charge in [0.15, 0.2) is 0 Å². The number of imide groups is 1. The van der Waals surface area contributed by atoms with Crippen molar-refractivity contribution in [2.24, 2.45) is 5.92 Å². The Morgan fingerprint density at radius 3 is 2.48 bits per heavy atom. The van der Waals surface area contributed by atoms with Gasteiger partial charge in [-0.05, 0) is 61.2 Å². The predicted molar refractivity (Wildman–Crippen MR) is 98.0 cm³/mol. The molecule has 1 aliphatic carbocycles. The molecular formula is C18H20BrNO2S. The number of halogens is 1. The van der Waals surface area contributed by atoms with E-state index in [1.165, 1.54) is 24.2 Å². The number of hydrogen-bond donors (Lipinski definition) is 0. The van der Waals surface area contributed by atoms with Crippen LogP contribution in [0.4, 0.5) is 4.79 Å². The van der Waals surface area contributed by atoms with Gasteiger partial charge in [-0.1, -0.05) is 47.3 Å². The summed E-state index contributed by atoms with van der Waals surface area (Å²) < 4.78 is 0.994. The second-order valence-corrected chi connectivity index (χ2v) is 8.15. The monoisotopic (exact) mass is 393 g/mol. The second-order valence-electron chi connectivity index (χ2n) is 6.24. The van der Waals surface area contributed by atoms with E-state index in [1.807, 2.05) is 37.3 Å². The van der Waals surface area contributed by atoms with Gasteiger partial charge in [0.25, 0.3) is 11.1 Å². The zero-order valence-electron chi connectivity index (χ0n) is 13.1. The summed E-state index contributed by atoms with van der Waals surface area (Å²) in [4.78, 5) is 27.0. The van der Waals surface area contributed by atoms with Crippen molar-refractivity contribution in [2.75, 3.05) is 0 Å². The molecule has 0 N–H and O–H groups in total. The number of carbonyl (C=O) groups excluding carboxylic acids is 2. The van der Waals surface area contributed by atoms with Crippen LogP contribution in [0.2, 0.25) is 0 Å². The Hall–Kier alpha value is -1.07. The van der Waals surface area contributed by atoms with E-state index < -0.39 is 0 Å². The van der Waals surface area contributed by atoms with E-state index in [1.54, 1.807) is 0 Å². The van der Waals surface area contributed by atoms with E-state index in [9.17, 15) is 9.59 Å². The summed E-state index contributed by atoms with van der Waals surface area (Å²) in [5.74, 6) is 0.310. The van der Waals surface area contributed by atoms with Gasteiger partial charge in [-0.2, -0.15) is 0 Å². The molecule has 0 radical (unpaired) electrons. The highest BCUT2D eigenvalue weighted by Crippen LogP contribution is 2.38. The molecule has 2 amide bonds. The van der Waals surface area contributed by atoms with Crippen molar-refractivity contribution in [1.29, 1.82) is 0 Å². The minimum absolute atomic E-state index is 0.00128. The van der Waals surface area contributed by atoms with Crippen molar-refractivity contribution in [3.63, 3.8) is 0 Å². The lowest BCUT2D eigenvalue weighted by Gasteiger charge is -2.32. The Morgan fingerprint density at radius 2 is 1.83 bits per heavy atom. The molecule has 1 aromatic carbocycles. The molecule has 0 aromatic heterocycles. The van der Waals surface area contributed by atoms with Gasteiger partial charge in [-0.3, -0.25) is 14.5 Å². The van der Waals surface area contributed by atoms with Gasteiger partial charge in [0.2, 0.25) is 0 Å². The van der Waals surface area contributed by atoms with Crippen LogP contribution in [0.15, 0.2) is 33.6 Å². The minimum Gasteiger partial charge on any atom is -0.268 e. The fourth-order valence-corrected chi connectivity index (χ4v) is 4.55. The van der Waals surface area contributed by atoms with Gasteiger partial charge in [0.1, 0.15) is 0 Å². The molecule has 122 valence electrons. The predicted octanol–water partition coefficient (Wildman–Crippen LogP) is 5.45. The standard InChI is InChI=1S/C18H20BrNO2S/c1-12(14-5-3-2-4-6-14)20-17(21)16(23-18(20)22)11-13-7-9-15(19)10-8-13/h7-12,14H,2-6H2,1H3/b16-11-. The molecule has 5 heteroatoms. The largest absolute Gasteiger partial charge is 0.293 e. The number of benzene rings is 1. The van der Waals surface area contributed by atoms with Crippen molar-refractivity contribution in [2.45, 2.75) is 45.1 Å². The lowest BCUT2D eigenvalue weighted by atomic mass is 9.84. The summed E-state index contributed by atoms with van der Waals surface area (Å²) in [5.41, 5.74) is 0.934. The van der Waals surface area contributed by atoms with Crippen LogP contribution in [0.25, 0.3) is 6.08 Å². The van der Waals surface area contributed by atoms with E-state index in [4.69, 9.17) is 0 Å². The van der Waals surface area contributed by atoms with Crippen LogP contribution in [0, 0.1) is 5.92 Å². The summed E-state index contributed by atoms with van der Waals surface area (Å²) in [6.45, 7) is 2.02. The molecule has 1 saturated heterocycles. The number of amides is 2. The molecule has 1 saturated carbocycles. The number of thioether (sulfide) groups is 1.